The SMILES string of the molecule is O=C(C1CC(c2ccccn2)=NO1)N1CCOC(c2ccoc2)C1. The lowest BCUT2D eigenvalue weighted by atomic mass is 10.1. The quantitative estimate of drug-likeness (QED) is 0.858. The molecule has 4 rings (SSSR count). The van der Waals surface area contributed by atoms with E-state index in [1.54, 1.807) is 23.6 Å². The number of amides is 1. The van der Waals surface area contributed by atoms with Crippen molar-refractivity contribution >= 4 is 11.6 Å². The van der Waals surface area contributed by atoms with E-state index in [9.17, 15) is 4.79 Å². The Kier molecular flexibility index (Phi) is 4.00. The van der Waals surface area contributed by atoms with Crippen LogP contribution in [0.3, 0.4) is 0 Å². The summed E-state index contributed by atoms with van der Waals surface area (Å²) in [5.74, 6) is -0.0681. The summed E-state index contributed by atoms with van der Waals surface area (Å²) >= 11 is 0. The van der Waals surface area contributed by atoms with Crippen LogP contribution in [0.2, 0.25) is 0 Å². The lowest BCUT2D eigenvalue weighted by Crippen LogP contribution is -2.46. The first-order chi connectivity index (χ1) is 11.8. The zero-order valence-electron chi connectivity index (χ0n) is 13.0. The predicted octanol–water partition coefficient (Wildman–Crippen LogP) is 1.77. The number of morpholine rings is 1. The van der Waals surface area contributed by atoms with E-state index < -0.39 is 6.10 Å². The van der Waals surface area contributed by atoms with Crippen LogP contribution in [-0.4, -0.2) is 47.3 Å². The number of nitrogens with zero attached hydrogens (tertiary/aromatic N) is 3. The normalized spacial score (nSPS) is 23.7. The van der Waals surface area contributed by atoms with Crippen molar-refractivity contribution in [3.05, 3.63) is 54.2 Å². The molecule has 7 heteroatoms. The van der Waals surface area contributed by atoms with Gasteiger partial charge in [0.2, 0.25) is 6.10 Å². The van der Waals surface area contributed by atoms with Crippen molar-refractivity contribution in [1.82, 2.24) is 9.88 Å². The first-order valence-corrected chi connectivity index (χ1v) is 7.88. The highest BCUT2D eigenvalue weighted by molar-refractivity contribution is 6.02. The molecule has 2 unspecified atom stereocenters. The highest BCUT2D eigenvalue weighted by atomic mass is 16.6. The van der Waals surface area contributed by atoms with Crippen molar-refractivity contribution in [2.45, 2.75) is 18.6 Å². The van der Waals surface area contributed by atoms with E-state index >= 15 is 0 Å². The highest BCUT2D eigenvalue weighted by Gasteiger charge is 2.35. The molecule has 2 aliphatic heterocycles. The van der Waals surface area contributed by atoms with E-state index in [1.807, 2.05) is 24.3 Å². The van der Waals surface area contributed by atoms with E-state index in [0.717, 1.165) is 11.3 Å². The van der Waals surface area contributed by atoms with Gasteiger partial charge >= 0.3 is 0 Å². The Morgan fingerprint density at radius 2 is 2.25 bits per heavy atom. The lowest BCUT2D eigenvalue weighted by molar-refractivity contribution is -0.149. The van der Waals surface area contributed by atoms with Gasteiger partial charge in [0.1, 0.15) is 11.8 Å². The molecule has 0 radical (unpaired) electrons. The summed E-state index contributed by atoms with van der Waals surface area (Å²) in [6.45, 7) is 1.52. The fourth-order valence-electron chi connectivity index (χ4n) is 2.91. The number of hydrogen-bond acceptors (Lipinski definition) is 6. The van der Waals surface area contributed by atoms with Crippen LogP contribution in [0.1, 0.15) is 23.8 Å². The van der Waals surface area contributed by atoms with E-state index in [2.05, 4.69) is 10.1 Å². The maximum Gasteiger partial charge on any atom is 0.267 e. The Morgan fingerprint density at radius 1 is 1.29 bits per heavy atom. The third-order valence-corrected chi connectivity index (χ3v) is 4.20. The lowest BCUT2D eigenvalue weighted by Gasteiger charge is -2.33. The van der Waals surface area contributed by atoms with E-state index in [-0.39, 0.29) is 12.0 Å². The number of furan rings is 1. The first-order valence-electron chi connectivity index (χ1n) is 7.88. The standard InChI is InChI=1S/C17H17N3O4/c21-17(15-9-14(19-24-15)13-3-1-2-5-18-13)20-6-8-23-16(10-20)12-4-7-22-11-12/h1-5,7,11,15-16H,6,8-10H2. The first kappa shape index (κ1) is 14.9. The third-order valence-electron chi connectivity index (χ3n) is 4.20. The van der Waals surface area contributed by atoms with Gasteiger partial charge in [-0.05, 0) is 18.2 Å². The number of carbonyl (C=O) groups is 1. The number of ether oxygens (including phenoxy) is 1. The second-order valence-corrected chi connectivity index (χ2v) is 5.75. The molecule has 0 N–H and O–H groups in total. The minimum absolute atomic E-state index is 0.0681. The second kappa shape index (κ2) is 6.45. The van der Waals surface area contributed by atoms with Gasteiger partial charge in [-0.3, -0.25) is 9.78 Å². The number of rotatable bonds is 3. The molecule has 2 aromatic heterocycles. The molecule has 1 fully saturated rings. The van der Waals surface area contributed by atoms with Crippen molar-refractivity contribution < 1.29 is 18.8 Å². The van der Waals surface area contributed by atoms with Crippen LogP contribution in [-0.2, 0) is 14.4 Å². The van der Waals surface area contributed by atoms with Crippen LogP contribution in [0.15, 0.2) is 52.6 Å². The van der Waals surface area contributed by atoms with Crippen LogP contribution in [0.25, 0.3) is 0 Å². The number of oxime groups is 1. The molecule has 0 spiro atoms. The van der Waals surface area contributed by atoms with Crippen LogP contribution in [0.4, 0.5) is 0 Å². The fraction of sp³-hybridized carbons (Fsp3) is 0.353. The van der Waals surface area contributed by atoms with Gasteiger partial charge in [0.05, 0.1) is 31.4 Å². The Morgan fingerprint density at radius 3 is 3.04 bits per heavy atom. The summed E-state index contributed by atoms with van der Waals surface area (Å²) < 4.78 is 10.8. The molecule has 0 aliphatic carbocycles. The summed E-state index contributed by atoms with van der Waals surface area (Å²) in [6.07, 6.45) is 4.62. The van der Waals surface area contributed by atoms with Crippen LogP contribution >= 0.6 is 0 Å². The summed E-state index contributed by atoms with van der Waals surface area (Å²) in [7, 11) is 0. The average molecular weight is 327 g/mol. The molecule has 1 amide bonds. The zero-order chi connectivity index (χ0) is 16.4. The molecule has 4 heterocycles. The Labute approximate surface area is 138 Å². The maximum absolute atomic E-state index is 12.7. The minimum Gasteiger partial charge on any atom is -0.472 e. The Bertz CT molecular complexity index is 730. The molecule has 124 valence electrons. The number of hydrogen-bond donors (Lipinski definition) is 0. The smallest absolute Gasteiger partial charge is 0.267 e. The monoisotopic (exact) mass is 327 g/mol. The maximum atomic E-state index is 12.7. The number of pyridine rings is 1. The van der Waals surface area contributed by atoms with Gasteiger partial charge in [0, 0.05) is 24.7 Å². The molecule has 0 saturated carbocycles. The van der Waals surface area contributed by atoms with Crippen molar-refractivity contribution in [2.24, 2.45) is 5.16 Å². The summed E-state index contributed by atoms with van der Waals surface area (Å²) in [5.41, 5.74) is 2.38. The van der Waals surface area contributed by atoms with Gasteiger partial charge in [0.25, 0.3) is 5.91 Å². The molecule has 2 aliphatic rings. The zero-order valence-corrected chi connectivity index (χ0v) is 13.0. The van der Waals surface area contributed by atoms with Gasteiger partial charge in [-0.25, -0.2) is 0 Å². The molecule has 7 nitrogen and oxygen atoms in total. The Hall–Kier alpha value is -2.67. The van der Waals surface area contributed by atoms with Crippen molar-refractivity contribution in [2.75, 3.05) is 19.7 Å². The van der Waals surface area contributed by atoms with Crippen LogP contribution in [0.5, 0.6) is 0 Å². The van der Waals surface area contributed by atoms with Gasteiger partial charge < -0.3 is 18.9 Å². The van der Waals surface area contributed by atoms with Gasteiger partial charge in [0.15, 0.2) is 0 Å². The Balaban J connectivity index is 1.40. The van der Waals surface area contributed by atoms with E-state index in [0.29, 0.717) is 31.8 Å². The average Bonchev–Trinajstić information content (AvgIpc) is 3.34. The largest absolute Gasteiger partial charge is 0.472 e. The van der Waals surface area contributed by atoms with Crippen molar-refractivity contribution in [3.63, 3.8) is 0 Å². The molecular weight excluding hydrogens is 310 g/mol. The molecule has 24 heavy (non-hydrogen) atoms. The highest BCUT2D eigenvalue weighted by Crippen LogP contribution is 2.25. The van der Waals surface area contributed by atoms with Crippen molar-refractivity contribution in [3.8, 4) is 0 Å². The molecule has 2 atom stereocenters. The van der Waals surface area contributed by atoms with Crippen molar-refractivity contribution in [1.29, 1.82) is 0 Å². The minimum atomic E-state index is -0.592. The molecule has 1 saturated heterocycles. The van der Waals surface area contributed by atoms with Crippen LogP contribution in [0, 0.1) is 0 Å². The van der Waals surface area contributed by atoms with Gasteiger partial charge in [-0.15, -0.1) is 0 Å². The van der Waals surface area contributed by atoms with Crippen LogP contribution < -0.4 is 0 Å². The molecule has 0 bridgehead atoms. The summed E-state index contributed by atoms with van der Waals surface area (Å²) in [4.78, 5) is 24.1. The topological polar surface area (TPSA) is 77.2 Å². The number of carbonyl (C=O) groups excluding carboxylic acids is 1. The van der Waals surface area contributed by atoms with Gasteiger partial charge in [-0.1, -0.05) is 11.2 Å². The third kappa shape index (κ3) is 2.90. The molecule has 2 aromatic rings. The summed E-state index contributed by atoms with van der Waals surface area (Å²) in [6, 6.07) is 7.44. The van der Waals surface area contributed by atoms with Gasteiger partial charge in [-0.2, -0.15) is 0 Å². The molecular formula is C17H17N3O4. The van der Waals surface area contributed by atoms with E-state index in [1.165, 1.54) is 0 Å². The second-order valence-electron chi connectivity index (χ2n) is 5.75. The van der Waals surface area contributed by atoms with E-state index in [4.69, 9.17) is 14.0 Å². The number of aromatic nitrogens is 1. The predicted molar refractivity (Wildman–Crippen MR) is 84.2 cm³/mol. The molecule has 0 aromatic carbocycles. The summed E-state index contributed by atoms with van der Waals surface area (Å²) in [5, 5.41) is 4.03. The fourth-order valence-corrected chi connectivity index (χ4v) is 2.91.